The summed E-state index contributed by atoms with van der Waals surface area (Å²) in [6.45, 7) is 13.0. The van der Waals surface area contributed by atoms with Crippen molar-refractivity contribution in [3.8, 4) is 0 Å². The molecule has 2 unspecified atom stereocenters. The lowest BCUT2D eigenvalue weighted by Crippen LogP contribution is -2.21. The fraction of sp³-hybridized carbons (Fsp3) is 0.786. The lowest BCUT2D eigenvalue weighted by atomic mass is 9.69. The second-order valence-electron chi connectivity index (χ2n) is 10.9. The maximum Gasteiger partial charge on any atom is -0.00741 e. The van der Waals surface area contributed by atoms with Crippen molar-refractivity contribution < 1.29 is 0 Å². The largest absolute Gasteiger partial charge is 0.330 e. The van der Waals surface area contributed by atoms with Gasteiger partial charge in [0.2, 0.25) is 0 Å². The van der Waals surface area contributed by atoms with Crippen molar-refractivity contribution >= 4 is 0 Å². The predicted octanol–water partition coefficient (Wildman–Crippen LogP) is 8.27. The van der Waals surface area contributed by atoms with E-state index < -0.39 is 0 Å². The van der Waals surface area contributed by atoms with Crippen LogP contribution in [0.3, 0.4) is 0 Å². The molecule has 0 spiro atoms. The van der Waals surface area contributed by atoms with Crippen molar-refractivity contribution in [2.45, 2.75) is 118 Å². The third kappa shape index (κ3) is 5.09. The lowest BCUT2D eigenvalue weighted by molar-refractivity contribution is 0.314. The van der Waals surface area contributed by atoms with E-state index in [9.17, 15) is 0 Å². The Labute approximate surface area is 181 Å². The molecule has 0 amide bonds. The summed E-state index contributed by atoms with van der Waals surface area (Å²) < 4.78 is 0. The summed E-state index contributed by atoms with van der Waals surface area (Å²) in [5.74, 6) is 1.73. The zero-order valence-corrected chi connectivity index (χ0v) is 20.1. The highest BCUT2D eigenvalue weighted by atomic mass is 14.5. The van der Waals surface area contributed by atoms with Crippen LogP contribution in [-0.4, -0.2) is 6.54 Å². The molecule has 3 rings (SSSR count). The molecule has 1 heteroatoms. The molecule has 3 aliphatic carbocycles. The van der Waals surface area contributed by atoms with Gasteiger partial charge < -0.3 is 5.73 Å². The van der Waals surface area contributed by atoms with E-state index in [4.69, 9.17) is 5.73 Å². The van der Waals surface area contributed by atoms with Gasteiger partial charge in [-0.2, -0.15) is 0 Å². The minimum atomic E-state index is 0.470. The Hall–Kier alpha value is -0.820. The summed E-state index contributed by atoms with van der Waals surface area (Å²) in [4.78, 5) is 0. The van der Waals surface area contributed by atoms with E-state index in [1.165, 1.54) is 77.0 Å². The topological polar surface area (TPSA) is 26.0 Å². The summed E-state index contributed by atoms with van der Waals surface area (Å²) in [5.41, 5.74) is 17.0. The molecule has 0 aromatic carbocycles. The Bertz CT molecular complexity index is 666. The summed E-state index contributed by atoms with van der Waals surface area (Å²) in [5, 5.41) is 0. The number of allylic oxidation sites excluding steroid dienone is 6. The molecule has 3 aliphatic rings. The van der Waals surface area contributed by atoms with Crippen molar-refractivity contribution in [1.82, 2.24) is 0 Å². The van der Waals surface area contributed by atoms with Crippen LogP contribution in [-0.2, 0) is 0 Å². The lowest BCUT2D eigenvalue weighted by Gasteiger charge is -2.36. The van der Waals surface area contributed by atoms with Crippen LogP contribution in [0.1, 0.15) is 118 Å². The maximum atomic E-state index is 6.04. The van der Waals surface area contributed by atoms with Gasteiger partial charge >= 0.3 is 0 Å². The second kappa shape index (κ2) is 9.99. The molecule has 2 N–H and O–H groups in total. The Kier molecular flexibility index (Phi) is 7.87. The van der Waals surface area contributed by atoms with Crippen LogP contribution in [0, 0.1) is 17.3 Å². The van der Waals surface area contributed by atoms with Gasteiger partial charge in [0, 0.05) is 0 Å². The Balaban J connectivity index is 2.11. The average molecular weight is 398 g/mol. The highest BCUT2D eigenvalue weighted by Crippen LogP contribution is 2.50. The van der Waals surface area contributed by atoms with Crippen molar-refractivity contribution in [2.24, 2.45) is 23.0 Å². The molecule has 0 bridgehead atoms. The highest BCUT2D eigenvalue weighted by molar-refractivity contribution is 5.51. The minimum absolute atomic E-state index is 0.470. The van der Waals surface area contributed by atoms with E-state index in [1.807, 2.05) is 11.1 Å². The molecule has 164 valence electrons. The smallest absolute Gasteiger partial charge is 0.00741 e. The molecule has 2 saturated carbocycles. The van der Waals surface area contributed by atoms with Gasteiger partial charge in [-0.05, 0) is 124 Å². The predicted molar refractivity (Wildman–Crippen MR) is 128 cm³/mol. The first-order valence-corrected chi connectivity index (χ1v) is 12.7. The average Bonchev–Trinajstić information content (AvgIpc) is 3.10. The van der Waals surface area contributed by atoms with Crippen LogP contribution in [0.4, 0.5) is 0 Å². The van der Waals surface area contributed by atoms with Gasteiger partial charge in [0.15, 0.2) is 0 Å². The fourth-order valence-electron chi connectivity index (χ4n) is 6.56. The van der Waals surface area contributed by atoms with Gasteiger partial charge in [0.05, 0.1) is 0 Å². The first-order chi connectivity index (χ1) is 13.9. The molecule has 2 fully saturated rings. The van der Waals surface area contributed by atoms with Crippen LogP contribution in [0.5, 0.6) is 0 Å². The minimum Gasteiger partial charge on any atom is -0.330 e. The molecular weight excluding hydrogens is 350 g/mol. The van der Waals surface area contributed by atoms with Crippen LogP contribution in [0.25, 0.3) is 0 Å². The summed E-state index contributed by atoms with van der Waals surface area (Å²) in [7, 11) is 0. The van der Waals surface area contributed by atoms with Gasteiger partial charge in [0.25, 0.3) is 0 Å². The zero-order valence-electron chi connectivity index (χ0n) is 20.1. The third-order valence-corrected chi connectivity index (χ3v) is 8.24. The molecule has 2 atom stereocenters. The Morgan fingerprint density at radius 3 is 2.38 bits per heavy atom. The van der Waals surface area contributed by atoms with E-state index in [1.54, 1.807) is 22.3 Å². The van der Waals surface area contributed by atoms with Crippen molar-refractivity contribution in [2.75, 3.05) is 6.54 Å². The monoisotopic (exact) mass is 397 g/mol. The fourth-order valence-corrected chi connectivity index (χ4v) is 6.56. The normalized spacial score (nSPS) is 27.7. The summed E-state index contributed by atoms with van der Waals surface area (Å²) in [6, 6.07) is 0. The van der Waals surface area contributed by atoms with Gasteiger partial charge in [-0.15, -0.1) is 0 Å². The summed E-state index contributed by atoms with van der Waals surface area (Å²) >= 11 is 0. The zero-order chi connectivity index (χ0) is 21.0. The van der Waals surface area contributed by atoms with Gasteiger partial charge in [-0.25, -0.2) is 0 Å². The van der Waals surface area contributed by atoms with Crippen LogP contribution < -0.4 is 5.73 Å². The van der Waals surface area contributed by atoms with Gasteiger partial charge in [-0.1, -0.05) is 51.7 Å². The molecule has 1 nitrogen and oxygen atoms in total. The Morgan fingerprint density at radius 1 is 1.07 bits per heavy atom. The van der Waals surface area contributed by atoms with Crippen molar-refractivity contribution in [3.63, 3.8) is 0 Å². The molecule has 0 radical (unpaired) electrons. The molecule has 0 heterocycles. The molecule has 0 aromatic heterocycles. The third-order valence-electron chi connectivity index (χ3n) is 8.24. The number of hydrogen-bond donors (Lipinski definition) is 1. The van der Waals surface area contributed by atoms with Crippen LogP contribution >= 0.6 is 0 Å². The summed E-state index contributed by atoms with van der Waals surface area (Å²) in [6.07, 6.45) is 17.2. The van der Waals surface area contributed by atoms with E-state index in [-0.39, 0.29) is 0 Å². The number of nitrogens with two attached hydrogens (primary N) is 1. The molecular formula is C28H47N. The highest BCUT2D eigenvalue weighted by Gasteiger charge is 2.35. The maximum absolute atomic E-state index is 6.04. The molecule has 0 aliphatic heterocycles. The van der Waals surface area contributed by atoms with Crippen molar-refractivity contribution in [1.29, 1.82) is 0 Å². The SMILES string of the molecule is CC/C(C1=C(C)CC(C)(C)CC1)=C(/CCCN)C(=C1CCC1)C1CCCC1CC. The molecule has 0 aromatic rings. The quantitative estimate of drug-likeness (QED) is 0.438. The van der Waals surface area contributed by atoms with Gasteiger partial charge in [-0.3, -0.25) is 0 Å². The van der Waals surface area contributed by atoms with E-state index in [0.717, 1.165) is 24.8 Å². The van der Waals surface area contributed by atoms with E-state index in [0.29, 0.717) is 5.41 Å². The number of hydrogen-bond acceptors (Lipinski definition) is 1. The van der Waals surface area contributed by atoms with Crippen LogP contribution in [0.15, 0.2) is 33.4 Å². The molecule has 0 saturated heterocycles. The van der Waals surface area contributed by atoms with Gasteiger partial charge in [0.1, 0.15) is 0 Å². The first kappa shape index (κ1) is 22.9. The first-order valence-electron chi connectivity index (χ1n) is 12.7. The Morgan fingerprint density at radius 2 is 1.83 bits per heavy atom. The molecule has 29 heavy (non-hydrogen) atoms. The van der Waals surface area contributed by atoms with E-state index in [2.05, 4.69) is 34.6 Å². The van der Waals surface area contributed by atoms with Crippen LogP contribution in [0.2, 0.25) is 0 Å². The van der Waals surface area contributed by atoms with Crippen molar-refractivity contribution in [3.05, 3.63) is 33.4 Å². The number of rotatable bonds is 8. The van der Waals surface area contributed by atoms with E-state index >= 15 is 0 Å². The standard InChI is InChI=1S/C28H47N/c1-6-21-11-9-14-25(21)27(22-12-8-13-22)26(15-10-18-29)23(7-2)24-16-17-28(4,5)19-20(24)3/h21,25H,6-19,29H2,1-5H3/b26-23+. The second-order valence-corrected chi connectivity index (χ2v) is 10.9.